The Labute approximate surface area is 215 Å². The third-order valence-electron chi connectivity index (χ3n) is 9.15. The molecule has 3 aliphatic rings. The highest BCUT2D eigenvalue weighted by Gasteiger charge is 2.44. The normalized spacial score (nSPS) is 35.4. The summed E-state index contributed by atoms with van der Waals surface area (Å²) in [6.07, 6.45) is 15.6. The van der Waals surface area contributed by atoms with E-state index in [0.717, 1.165) is 37.8 Å². The van der Waals surface area contributed by atoms with Gasteiger partial charge in [0.1, 0.15) is 18.6 Å². The van der Waals surface area contributed by atoms with E-state index < -0.39 is 6.23 Å². The summed E-state index contributed by atoms with van der Waals surface area (Å²) in [7, 11) is 0. The lowest BCUT2D eigenvalue weighted by Crippen LogP contribution is -2.41. The first kappa shape index (κ1) is 27.1. The van der Waals surface area contributed by atoms with E-state index in [0.29, 0.717) is 17.9 Å². The van der Waals surface area contributed by atoms with Gasteiger partial charge in [0.05, 0.1) is 0 Å². The standard InChI is InChI=1S/C31H52N2O2/c1-22-10-6-12-26(13-7-11-22)29-31(35-29)33-20-8-19-32-30(34)28-21-24(3)9-4-5-14-27(28)25-17-15-23(2)16-18-25/h15-18,22,24,26-34H,4-14,19-21H2,1-3H3/t22?,24?,26?,27-,28?,29?,30-,31?/m1/s1. The summed E-state index contributed by atoms with van der Waals surface area (Å²) in [6, 6.07) is 9.03. The molecule has 3 N–H and O–H groups in total. The van der Waals surface area contributed by atoms with Crippen molar-refractivity contribution in [3.63, 3.8) is 0 Å². The van der Waals surface area contributed by atoms with Gasteiger partial charge in [-0.1, -0.05) is 88.6 Å². The number of aryl methyl sites for hydroxylation is 1. The Morgan fingerprint density at radius 1 is 0.886 bits per heavy atom. The van der Waals surface area contributed by atoms with Gasteiger partial charge in [-0.15, -0.1) is 0 Å². The van der Waals surface area contributed by atoms with E-state index >= 15 is 0 Å². The molecular formula is C31H52N2O2. The fraction of sp³-hybridized carbons (Fsp3) is 0.806. The van der Waals surface area contributed by atoms with E-state index in [1.165, 1.54) is 75.3 Å². The minimum absolute atomic E-state index is 0.263. The molecule has 1 aromatic rings. The van der Waals surface area contributed by atoms with Crippen molar-refractivity contribution < 1.29 is 9.84 Å². The van der Waals surface area contributed by atoms with Crippen molar-refractivity contribution in [3.8, 4) is 0 Å². The Bertz CT molecular complexity index is 728. The first-order valence-electron chi connectivity index (χ1n) is 14.9. The van der Waals surface area contributed by atoms with Crippen LogP contribution in [-0.2, 0) is 4.74 Å². The zero-order valence-electron chi connectivity index (χ0n) is 22.7. The summed E-state index contributed by atoms with van der Waals surface area (Å²) in [5, 5.41) is 18.4. The van der Waals surface area contributed by atoms with Gasteiger partial charge in [-0.25, -0.2) is 0 Å². The molecule has 1 saturated heterocycles. The van der Waals surface area contributed by atoms with E-state index in [1.807, 2.05) is 0 Å². The molecule has 6 atom stereocenters. The van der Waals surface area contributed by atoms with Crippen molar-refractivity contribution in [1.82, 2.24) is 10.6 Å². The SMILES string of the molecule is Cc1ccc([C@H]2CCCCC(C)CC2[C@@H](O)NCCCNC2OC2C2CCCC(C)CCC2)cc1. The second-order valence-electron chi connectivity index (χ2n) is 12.3. The largest absolute Gasteiger partial charge is 0.378 e. The maximum Gasteiger partial charge on any atom is 0.135 e. The first-order valence-corrected chi connectivity index (χ1v) is 14.9. The molecule has 198 valence electrons. The smallest absolute Gasteiger partial charge is 0.135 e. The van der Waals surface area contributed by atoms with E-state index in [4.69, 9.17) is 4.74 Å². The van der Waals surface area contributed by atoms with Crippen LogP contribution in [0.1, 0.15) is 108 Å². The highest BCUT2D eigenvalue weighted by atomic mass is 16.6. The lowest BCUT2D eigenvalue weighted by molar-refractivity contribution is 0.0413. The van der Waals surface area contributed by atoms with Crippen LogP contribution >= 0.6 is 0 Å². The van der Waals surface area contributed by atoms with Crippen LogP contribution in [0.25, 0.3) is 0 Å². The molecule has 0 radical (unpaired) electrons. The molecule has 2 saturated carbocycles. The van der Waals surface area contributed by atoms with E-state index in [9.17, 15) is 5.11 Å². The highest BCUT2D eigenvalue weighted by Crippen LogP contribution is 2.39. The molecule has 0 spiro atoms. The number of nitrogens with one attached hydrogen (secondary N) is 2. The highest BCUT2D eigenvalue weighted by molar-refractivity contribution is 5.25. The van der Waals surface area contributed by atoms with Gasteiger partial charge < -0.3 is 9.84 Å². The van der Waals surface area contributed by atoms with Crippen LogP contribution in [-0.4, -0.2) is 36.8 Å². The molecule has 0 bridgehead atoms. The maximum absolute atomic E-state index is 11.2. The lowest BCUT2D eigenvalue weighted by Gasteiger charge is -2.36. The monoisotopic (exact) mass is 484 g/mol. The summed E-state index contributed by atoms with van der Waals surface area (Å²) < 4.78 is 6.03. The molecule has 0 amide bonds. The van der Waals surface area contributed by atoms with E-state index in [2.05, 4.69) is 55.7 Å². The van der Waals surface area contributed by atoms with Crippen molar-refractivity contribution in [2.75, 3.05) is 13.1 Å². The minimum atomic E-state index is -0.441. The van der Waals surface area contributed by atoms with Gasteiger partial charge in [-0.3, -0.25) is 10.6 Å². The van der Waals surface area contributed by atoms with Crippen molar-refractivity contribution in [2.45, 2.75) is 122 Å². The number of ether oxygens (including phenoxy) is 1. The van der Waals surface area contributed by atoms with Gasteiger partial charge in [0.25, 0.3) is 0 Å². The first-order chi connectivity index (χ1) is 17.0. The molecule has 4 heteroatoms. The Kier molecular flexibility index (Phi) is 10.5. The number of aliphatic hydroxyl groups is 1. The lowest BCUT2D eigenvalue weighted by atomic mass is 9.74. The molecule has 1 aliphatic heterocycles. The molecule has 4 rings (SSSR count). The molecule has 2 aliphatic carbocycles. The zero-order valence-corrected chi connectivity index (χ0v) is 22.7. The molecule has 4 nitrogen and oxygen atoms in total. The predicted molar refractivity (Wildman–Crippen MR) is 145 cm³/mol. The maximum atomic E-state index is 11.2. The number of hydrogen-bond donors (Lipinski definition) is 3. The summed E-state index contributed by atoms with van der Waals surface area (Å²) in [4.78, 5) is 0. The molecule has 3 fully saturated rings. The molecule has 4 unspecified atom stereocenters. The summed E-state index contributed by atoms with van der Waals surface area (Å²) in [5.74, 6) is 3.04. The summed E-state index contributed by atoms with van der Waals surface area (Å²) in [5.41, 5.74) is 2.71. The van der Waals surface area contributed by atoms with Gasteiger partial charge in [-0.05, 0) is 81.4 Å². The van der Waals surface area contributed by atoms with Crippen molar-refractivity contribution in [1.29, 1.82) is 0 Å². The van der Waals surface area contributed by atoms with Crippen LogP contribution in [0, 0.1) is 30.6 Å². The fourth-order valence-corrected chi connectivity index (χ4v) is 6.85. The van der Waals surface area contributed by atoms with E-state index in [1.54, 1.807) is 0 Å². The minimum Gasteiger partial charge on any atom is -0.378 e. The second-order valence-corrected chi connectivity index (χ2v) is 12.3. The Balaban J connectivity index is 1.19. The number of aliphatic hydroxyl groups excluding tert-OH is 1. The Hall–Kier alpha value is -0.940. The van der Waals surface area contributed by atoms with Crippen LogP contribution in [0.3, 0.4) is 0 Å². The Morgan fingerprint density at radius 2 is 1.57 bits per heavy atom. The van der Waals surface area contributed by atoms with Gasteiger partial charge in [0, 0.05) is 5.92 Å². The predicted octanol–water partition coefficient (Wildman–Crippen LogP) is 6.51. The second kappa shape index (κ2) is 13.6. The van der Waals surface area contributed by atoms with Crippen LogP contribution in [0.2, 0.25) is 0 Å². The summed E-state index contributed by atoms with van der Waals surface area (Å²) in [6.45, 7) is 8.72. The van der Waals surface area contributed by atoms with Crippen LogP contribution in [0.5, 0.6) is 0 Å². The third-order valence-corrected chi connectivity index (χ3v) is 9.15. The third kappa shape index (κ3) is 8.28. The van der Waals surface area contributed by atoms with Gasteiger partial charge in [0.15, 0.2) is 0 Å². The number of epoxide rings is 1. The molecule has 1 heterocycles. The zero-order chi connectivity index (χ0) is 24.6. The molecule has 1 aromatic carbocycles. The van der Waals surface area contributed by atoms with Crippen LogP contribution in [0.15, 0.2) is 24.3 Å². The van der Waals surface area contributed by atoms with Gasteiger partial charge in [0.2, 0.25) is 0 Å². The average Bonchev–Trinajstić information content (AvgIpc) is 3.58. The molecular weight excluding hydrogens is 432 g/mol. The fourth-order valence-electron chi connectivity index (χ4n) is 6.85. The van der Waals surface area contributed by atoms with Crippen molar-refractivity contribution in [2.24, 2.45) is 23.7 Å². The quantitative estimate of drug-likeness (QED) is 0.212. The average molecular weight is 485 g/mol. The van der Waals surface area contributed by atoms with E-state index in [-0.39, 0.29) is 12.1 Å². The number of rotatable bonds is 9. The summed E-state index contributed by atoms with van der Waals surface area (Å²) >= 11 is 0. The molecule has 35 heavy (non-hydrogen) atoms. The van der Waals surface area contributed by atoms with Crippen LogP contribution in [0.4, 0.5) is 0 Å². The van der Waals surface area contributed by atoms with Crippen molar-refractivity contribution in [3.05, 3.63) is 35.4 Å². The van der Waals surface area contributed by atoms with Crippen molar-refractivity contribution >= 4 is 0 Å². The van der Waals surface area contributed by atoms with Crippen LogP contribution < -0.4 is 10.6 Å². The molecule has 0 aromatic heterocycles. The number of benzene rings is 1. The number of hydrogen-bond acceptors (Lipinski definition) is 4. The topological polar surface area (TPSA) is 56.8 Å². The van der Waals surface area contributed by atoms with Gasteiger partial charge in [-0.2, -0.15) is 0 Å². The Morgan fingerprint density at radius 3 is 2.31 bits per heavy atom. The van der Waals surface area contributed by atoms with Gasteiger partial charge >= 0.3 is 0 Å².